The lowest BCUT2D eigenvalue weighted by molar-refractivity contribution is -0.124. The number of aliphatic hydroxyl groups is 1. The van der Waals surface area contributed by atoms with E-state index in [2.05, 4.69) is 10.0 Å². The molecule has 0 saturated heterocycles. The second kappa shape index (κ2) is 9.78. The molecule has 1 amide bonds. The van der Waals surface area contributed by atoms with E-state index in [4.69, 9.17) is 19.9 Å². The summed E-state index contributed by atoms with van der Waals surface area (Å²) in [6.45, 7) is 4.12. The smallest absolute Gasteiger partial charge is 0.252 e. The summed E-state index contributed by atoms with van der Waals surface area (Å²) in [6, 6.07) is 3.76. The molecule has 0 spiro atoms. The predicted molar refractivity (Wildman–Crippen MR) is 124 cm³/mol. The van der Waals surface area contributed by atoms with Crippen molar-refractivity contribution >= 4 is 27.6 Å². The minimum Gasteiger partial charge on any atom is -0.493 e. The van der Waals surface area contributed by atoms with Crippen LogP contribution in [0.5, 0.6) is 5.75 Å². The number of amides is 1. The van der Waals surface area contributed by atoms with Gasteiger partial charge in [-0.25, -0.2) is 18.1 Å². The van der Waals surface area contributed by atoms with Gasteiger partial charge in [0, 0.05) is 19.1 Å². The van der Waals surface area contributed by atoms with Crippen LogP contribution >= 0.6 is 0 Å². The molecule has 180 valence electrons. The first-order valence-corrected chi connectivity index (χ1v) is 13.0. The van der Waals surface area contributed by atoms with Gasteiger partial charge < -0.3 is 15.2 Å². The molecule has 3 aliphatic rings. The molecule has 2 unspecified atom stereocenters. The number of aliphatic imine (C=N–C) groups is 1. The number of nitrogens with zero attached hydrogens (tertiary/aromatic N) is 3. The summed E-state index contributed by atoms with van der Waals surface area (Å²) in [5, 5.41) is 18.3. The fraction of sp³-hybridized carbons (Fsp3) is 0.591. The highest BCUT2D eigenvalue weighted by Gasteiger charge is 2.45. The molecule has 1 saturated carbocycles. The number of nitrogens with one attached hydrogen (secondary N) is 2. The highest BCUT2D eigenvalue weighted by atomic mass is 32.2. The van der Waals surface area contributed by atoms with Gasteiger partial charge in [-0.2, -0.15) is 5.10 Å². The summed E-state index contributed by atoms with van der Waals surface area (Å²) in [6.07, 6.45) is 4.63. The summed E-state index contributed by atoms with van der Waals surface area (Å²) in [5.74, 6) is 1.57. The van der Waals surface area contributed by atoms with Gasteiger partial charge in [-0.3, -0.25) is 9.79 Å². The van der Waals surface area contributed by atoms with Gasteiger partial charge in [0.2, 0.25) is 10.0 Å². The van der Waals surface area contributed by atoms with Crippen molar-refractivity contribution in [2.75, 3.05) is 19.8 Å². The number of ether oxygens (including phenoxy) is 1. The molecule has 33 heavy (non-hydrogen) atoms. The van der Waals surface area contributed by atoms with E-state index in [0.29, 0.717) is 24.3 Å². The molecule has 1 aliphatic carbocycles. The van der Waals surface area contributed by atoms with Crippen molar-refractivity contribution in [2.24, 2.45) is 16.0 Å². The minimum absolute atomic E-state index is 0.0254. The third kappa shape index (κ3) is 4.75. The van der Waals surface area contributed by atoms with Gasteiger partial charge in [0.1, 0.15) is 11.6 Å². The Bertz CT molecular complexity index is 1060. The van der Waals surface area contributed by atoms with E-state index in [-0.39, 0.29) is 41.7 Å². The van der Waals surface area contributed by atoms with E-state index < -0.39 is 16.1 Å². The molecule has 10 nitrogen and oxygen atoms in total. The Kier molecular flexibility index (Phi) is 7.01. The molecule has 0 radical (unpaired) electrons. The monoisotopic (exact) mass is 477 g/mol. The number of rotatable bonds is 9. The number of hydrazone groups is 1. The lowest BCUT2D eigenvalue weighted by Gasteiger charge is -2.31. The van der Waals surface area contributed by atoms with Crippen LogP contribution in [0, 0.1) is 5.92 Å². The lowest BCUT2D eigenvalue weighted by Crippen LogP contribution is -2.55. The van der Waals surface area contributed by atoms with Gasteiger partial charge >= 0.3 is 0 Å². The number of aliphatic hydroxyl groups excluding tert-OH is 1. The third-order valence-electron chi connectivity index (χ3n) is 6.17. The van der Waals surface area contributed by atoms with Crippen molar-refractivity contribution in [1.29, 1.82) is 0 Å². The largest absolute Gasteiger partial charge is 0.493 e. The first-order valence-electron chi connectivity index (χ1n) is 11.5. The average Bonchev–Trinajstić information content (AvgIpc) is 3.42. The SMILES string of the molecule is CCOc1ccc(S(=O)(=O)NCCCO)cc1C1=NN2C(C3CCCC3)=NC(C)C2C(=O)N1. The molecule has 2 atom stereocenters. The summed E-state index contributed by atoms with van der Waals surface area (Å²) in [4.78, 5) is 17.8. The van der Waals surface area contributed by atoms with E-state index in [9.17, 15) is 13.2 Å². The summed E-state index contributed by atoms with van der Waals surface area (Å²) >= 11 is 0. The Hall–Kier alpha value is -2.50. The van der Waals surface area contributed by atoms with Gasteiger partial charge in [0.15, 0.2) is 11.9 Å². The number of amidine groups is 2. The van der Waals surface area contributed by atoms with Crippen LogP contribution in [0.4, 0.5) is 0 Å². The van der Waals surface area contributed by atoms with Crippen LogP contribution in [0.2, 0.25) is 0 Å². The standard InChI is InChI=1S/C22H31N5O5S/c1-3-32-18-10-9-16(33(30,31)23-11-6-12-28)13-17(18)20-25-22(29)19-14(2)24-21(27(19)26-20)15-7-4-5-8-15/h9-10,13-15,19,23,28H,3-8,11-12H2,1-2H3,(H,25,26,29). The van der Waals surface area contributed by atoms with Crippen LogP contribution in [0.25, 0.3) is 0 Å². The number of hydrogen-bond acceptors (Lipinski definition) is 8. The average molecular weight is 478 g/mol. The molecule has 11 heteroatoms. The normalized spacial score (nSPS) is 23.2. The number of carbonyl (C=O) groups is 1. The summed E-state index contributed by atoms with van der Waals surface area (Å²) < 4.78 is 33.7. The number of sulfonamides is 1. The first-order chi connectivity index (χ1) is 15.9. The Morgan fingerprint density at radius 2 is 2.06 bits per heavy atom. The lowest BCUT2D eigenvalue weighted by atomic mass is 10.1. The maximum atomic E-state index is 13.1. The van der Waals surface area contributed by atoms with Gasteiger partial charge in [-0.1, -0.05) is 12.8 Å². The van der Waals surface area contributed by atoms with Crippen molar-refractivity contribution in [3.8, 4) is 5.75 Å². The van der Waals surface area contributed by atoms with Crippen LogP contribution in [-0.2, 0) is 14.8 Å². The number of carbonyl (C=O) groups excluding carboxylic acids is 1. The van der Waals surface area contributed by atoms with Crippen molar-refractivity contribution in [3.63, 3.8) is 0 Å². The maximum absolute atomic E-state index is 13.1. The molecule has 2 aliphatic heterocycles. The predicted octanol–water partition coefficient (Wildman–Crippen LogP) is 1.20. The van der Waals surface area contributed by atoms with Gasteiger partial charge in [-0.05, 0) is 51.3 Å². The molecular formula is C22H31N5O5S. The Morgan fingerprint density at radius 1 is 1.30 bits per heavy atom. The van der Waals surface area contributed by atoms with Crippen LogP contribution in [0.15, 0.2) is 33.2 Å². The third-order valence-corrected chi connectivity index (χ3v) is 7.63. The Morgan fingerprint density at radius 3 is 2.76 bits per heavy atom. The molecule has 1 fully saturated rings. The second-order valence-electron chi connectivity index (χ2n) is 8.50. The molecule has 1 aromatic carbocycles. The van der Waals surface area contributed by atoms with E-state index in [0.717, 1.165) is 31.5 Å². The highest BCUT2D eigenvalue weighted by Crippen LogP contribution is 2.34. The van der Waals surface area contributed by atoms with Crippen LogP contribution in [0.1, 0.15) is 51.5 Å². The van der Waals surface area contributed by atoms with Gasteiger partial charge in [0.25, 0.3) is 5.91 Å². The maximum Gasteiger partial charge on any atom is 0.252 e. The quantitative estimate of drug-likeness (QED) is 0.458. The van der Waals surface area contributed by atoms with E-state index in [1.54, 1.807) is 11.1 Å². The van der Waals surface area contributed by atoms with Gasteiger partial charge in [0.05, 0.1) is 23.1 Å². The fourth-order valence-corrected chi connectivity index (χ4v) is 5.66. The van der Waals surface area contributed by atoms with Crippen LogP contribution in [0.3, 0.4) is 0 Å². The highest BCUT2D eigenvalue weighted by molar-refractivity contribution is 7.89. The molecule has 0 bridgehead atoms. The minimum atomic E-state index is -3.81. The van der Waals surface area contributed by atoms with Crippen LogP contribution in [-0.4, -0.2) is 68.0 Å². The van der Waals surface area contributed by atoms with Crippen molar-refractivity contribution < 1.29 is 23.1 Å². The van der Waals surface area contributed by atoms with Crippen LogP contribution < -0.4 is 14.8 Å². The molecule has 4 rings (SSSR count). The molecule has 0 aromatic heterocycles. The summed E-state index contributed by atoms with van der Waals surface area (Å²) in [5.41, 5.74) is 0.388. The zero-order valence-electron chi connectivity index (χ0n) is 19.0. The van der Waals surface area contributed by atoms with E-state index >= 15 is 0 Å². The number of hydrogen-bond donors (Lipinski definition) is 3. The zero-order chi connectivity index (χ0) is 23.6. The molecular weight excluding hydrogens is 446 g/mol. The molecule has 2 heterocycles. The van der Waals surface area contributed by atoms with Gasteiger partial charge in [-0.15, -0.1) is 0 Å². The second-order valence-corrected chi connectivity index (χ2v) is 10.3. The fourth-order valence-electron chi connectivity index (χ4n) is 4.56. The first kappa shape index (κ1) is 23.7. The summed E-state index contributed by atoms with van der Waals surface area (Å²) in [7, 11) is -3.81. The molecule has 3 N–H and O–H groups in total. The van der Waals surface area contributed by atoms with Crippen molar-refractivity contribution in [1.82, 2.24) is 15.0 Å². The Balaban J connectivity index is 1.72. The number of benzene rings is 1. The van der Waals surface area contributed by atoms with E-state index in [1.807, 2.05) is 13.8 Å². The Labute approximate surface area is 194 Å². The van der Waals surface area contributed by atoms with Crippen molar-refractivity contribution in [2.45, 2.75) is 62.9 Å². The van der Waals surface area contributed by atoms with E-state index in [1.165, 1.54) is 12.1 Å². The van der Waals surface area contributed by atoms with Crippen molar-refractivity contribution in [3.05, 3.63) is 23.8 Å². The number of fused-ring (bicyclic) bond motifs is 1. The topological polar surface area (TPSA) is 133 Å². The molecule has 1 aromatic rings. The zero-order valence-corrected chi connectivity index (χ0v) is 19.8.